The van der Waals surface area contributed by atoms with E-state index in [0.29, 0.717) is 18.3 Å². The minimum Gasteiger partial charge on any atom is -0.382 e. The third kappa shape index (κ3) is 2.60. The molecule has 0 saturated heterocycles. The second-order valence-corrected chi connectivity index (χ2v) is 10.8. The van der Waals surface area contributed by atoms with Crippen LogP contribution in [0.1, 0.15) is 64.4 Å². The van der Waals surface area contributed by atoms with Crippen molar-refractivity contribution in [2.75, 3.05) is 0 Å². The Morgan fingerprint density at radius 2 is 1.70 bits per heavy atom. The van der Waals surface area contributed by atoms with E-state index in [9.17, 15) is 14.7 Å². The van der Waals surface area contributed by atoms with Crippen molar-refractivity contribution in [1.29, 1.82) is 0 Å². The highest BCUT2D eigenvalue weighted by molar-refractivity contribution is 5.94. The highest BCUT2D eigenvalue weighted by atomic mass is 16.3. The largest absolute Gasteiger partial charge is 0.382 e. The van der Waals surface area contributed by atoms with E-state index in [-0.39, 0.29) is 28.8 Å². The number of rotatable bonds is 1. The number of aliphatic hydroxyl groups is 1. The van der Waals surface area contributed by atoms with Crippen LogP contribution < -0.4 is 0 Å². The molecule has 0 unspecified atom stereocenters. The summed E-state index contributed by atoms with van der Waals surface area (Å²) in [5, 5.41) is 11.4. The average Bonchev–Trinajstić information content (AvgIpc) is 2.72. The van der Waals surface area contributed by atoms with E-state index in [2.05, 4.69) is 26.0 Å². The van der Waals surface area contributed by atoms with Crippen LogP contribution in [0.25, 0.3) is 0 Å². The van der Waals surface area contributed by atoms with Gasteiger partial charge in [-0.25, -0.2) is 0 Å². The minimum atomic E-state index is -1.34. The first-order chi connectivity index (χ1) is 14.2. The van der Waals surface area contributed by atoms with Crippen molar-refractivity contribution in [3.63, 3.8) is 0 Å². The number of carbonyl (C=O) groups excluding carboxylic acids is 2. The summed E-state index contributed by atoms with van der Waals surface area (Å²) in [5.74, 6) is 1.03. The van der Waals surface area contributed by atoms with E-state index in [4.69, 9.17) is 0 Å². The molecule has 1 aromatic rings. The number of benzene rings is 1. The van der Waals surface area contributed by atoms with Crippen LogP contribution in [-0.4, -0.2) is 22.3 Å². The lowest BCUT2D eigenvalue weighted by Crippen LogP contribution is -2.62. The molecular weight excluding hydrogens is 372 g/mol. The lowest BCUT2D eigenvalue weighted by atomic mass is 9.43. The Labute approximate surface area is 179 Å². The van der Waals surface area contributed by atoms with Gasteiger partial charge in [-0.2, -0.15) is 0 Å². The Morgan fingerprint density at radius 3 is 2.43 bits per heavy atom. The summed E-state index contributed by atoms with van der Waals surface area (Å²) >= 11 is 0. The molecule has 5 rings (SSSR count). The molecule has 4 aliphatic carbocycles. The average molecular weight is 405 g/mol. The molecule has 1 aromatic carbocycles. The van der Waals surface area contributed by atoms with E-state index < -0.39 is 11.0 Å². The van der Waals surface area contributed by atoms with Gasteiger partial charge in [0.1, 0.15) is 5.60 Å². The number of ketones is 2. The second-order valence-electron chi connectivity index (χ2n) is 10.8. The van der Waals surface area contributed by atoms with E-state index in [1.807, 2.05) is 36.4 Å². The van der Waals surface area contributed by atoms with Crippen LogP contribution in [0.15, 0.2) is 54.1 Å². The summed E-state index contributed by atoms with van der Waals surface area (Å²) in [4.78, 5) is 25.8. The van der Waals surface area contributed by atoms with Crippen LogP contribution in [-0.2, 0) is 9.59 Å². The number of hydrogen-bond acceptors (Lipinski definition) is 3. The van der Waals surface area contributed by atoms with Crippen molar-refractivity contribution >= 4 is 11.6 Å². The van der Waals surface area contributed by atoms with Crippen molar-refractivity contribution in [3.05, 3.63) is 59.7 Å². The first-order valence-electron chi connectivity index (χ1n) is 11.4. The normalized spacial score (nSPS) is 45.3. The van der Waals surface area contributed by atoms with Crippen LogP contribution >= 0.6 is 0 Å². The number of carbonyl (C=O) groups is 2. The molecule has 0 bridgehead atoms. The van der Waals surface area contributed by atoms with Crippen molar-refractivity contribution in [2.24, 2.45) is 28.6 Å². The van der Waals surface area contributed by atoms with E-state index in [1.165, 1.54) is 5.57 Å². The second kappa shape index (κ2) is 6.50. The predicted molar refractivity (Wildman–Crippen MR) is 117 cm³/mol. The maximum Gasteiger partial charge on any atom is 0.170 e. The fourth-order valence-electron chi connectivity index (χ4n) is 7.41. The summed E-state index contributed by atoms with van der Waals surface area (Å²) in [6, 6.07) is 10.0. The first-order valence-corrected chi connectivity index (χ1v) is 11.4. The van der Waals surface area contributed by atoms with Crippen molar-refractivity contribution < 1.29 is 14.7 Å². The zero-order valence-corrected chi connectivity index (χ0v) is 18.2. The summed E-state index contributed by atoms with van der Waals surface area (Å²) in [6.07, 6.45) is 10.4. The van der Waals surface area contributed by atoms with Crippen LogP contribution in [0.5, 0.6) is 0 Å². The summed E-state index contributed by atoms with van der Waals surface area (Å²) in [6.45, 7) is 6.15. The standard InChI is InChI=1S/C27H32O3/c1-25-13-11-19(28)15-18(25)9-10-20-21(25)12-14-26(2)23(20)16-22(27(3,30)24(26)29)17-7-5-4-6-8-17/h4-10,15,20-23,30H,11-14,16H2,1-3H3/t20-,21+,22-,23+,25+,26+,27-/m1/s1. The predicted octanol–water partition coefficient (Wildman–Crippen LogP) is 5.01. The molecule has 0 heterocycles. The van der Waals surface area contributed by atoms with Crippen LogP contribution in [0.3, 0.4) is 0 Å². The highest BCUT2D eigenvalue weighted by Gasteiger charge is 2.63. The van der Waals surface area contributed by atoms with Gasteiger partial charge in [0, 0.05) is 17.8 Å². The Balaban J connectivity index is 1.58. The SMILES string of the molecule is C[C@]1(O)C(=O)[C@@]2(C)CC[C@H]3[C@@H](C=CC4=CC(=O)CC[C@@]43C)[C@@H]2C[C@@H]1c1ccccc1. The molecule has 4 aliphatic rings. The van der Waals surface area contributed by atoms with Gasteiger partial charge in [0.05, 0.1) is 0 Å². The Kier molecular flexibility index (Phi) is 4.32. The van der Waals surface area contributed by atoms with Crippen molar-refractivity contribution in [3.8, 4) is 0 Å². The van der Waals surface area contributed by atoms with Crippen LogP contribution in [0.4, 0.5) is 0 Å². The zero-order chi connectivity index (χ0) is 21.3. The van der Waals surface area contributed by atoms with Gasteiger partial charge in [-0.15, -0.1) is 0 Å². The lowest BCUT2D eigenvalue weighted by Gasteiger charge is -2.60. The van der Waals surface area contributed by atoms with Crippen molar-refractivity contribution in [1.82, 2.24) is 0 Å². The molecule has 7 atom stereocenters. The van der Waals surface area contributed by atoms with Gasteiger partial charge in [0.2, 0.25) is 0 Å². The molecule has 158 valence electrons. The third-order valence-electron chi connectivity index (χ3n) is 9.25. The van der Waals surface area contributed by atoms with Gasteiger partial charge < -0.3 is 5.11 Å². The van der Waals surface area contributed by atoms with Gasteiger partial charge in [-0.1, -0.05) is 56.3 Å². The number of Topliss-reactive ketones (excluding diaryl/α,β-unsaturated/α-hetero) is 1. The van der Waals surface area contributed by atoms with E-state index >= 15 is 0 Å². The summed E-state index contributed by atoms with van der Waals surface area (Å²) in [5.41, 5.74) is 0.402. The van der Waals surface area contributed by atoms with Crippen molar-refractivity contribution in [2.45, 2.75) is 64.4 Å². The van der Waals surface area contributed by atoms with Gasteiger partial charge in [-0.05, 0) is 73.0 Å². The van der Waals surface area contributed by atoms with Gasteiger partial charge in [0.25, 0.3) is 0 Å². The molecule has 0 spiro atoms. The topological polar surface area (TPSA) is 54.4 Å². The quantitative estimate of drug-likeness (QED) is 0.716. The van der Waals surface area contributed by atoms with Gasteiger partial charge >= 0.3 is 0 Å². The molecule has 2 fully saturated rings. The Morgan fingerprint density at radius 1 is 0.967 bits per heavy atom. The van der Waals surface area contributed by atoms with Gasteiger partial charge in [-0.3, -0.25) is 9.59 Å². The molecule has 0 aliphatic heterocycles. The number of fused-ring (bicyclic) bond motifs is 5. The molecule has 0 amide bonds. The maximum atomic E-state index is 13.7. The van der Waals surface area contributed by atoms with E-state index in [0.717, 1.165) is 31.2 Å². The molecule has 0 aromatic heterocycles. The maximum absolute atomic E-state index is 13.7. The van der Waals surface area contributed by atoms with Crippen LogP contribution in [0, 0.1) is 28.6 Å². The van der Waals surface area contributed by atoms with Crippen LogP contribution in [0.2, 0.25) is 0 Å². The number of allylic oxidation sites excluding steroid dienone is 4. The fraction of sp³-hybridized carbons (Fsp3) is 0.556. The molecular formula is C27H32O3. The molecule has 3 nitrogen and oxygen atoms in total. The highest BCUT2D eigenvalue weighted by Crippen LogP contribution is 2.64. The molecule has 3 heteroatoms. The Hall–Kier alpha value is -2.00. The van der Waals surface area contributed by atoms with Gasteiger partial charge in [0.15, 0.2) is 11.6 Å². The summed E-state index contributed by atoms with van der Waals surface area (Å²) < 4.78 is 0. The molecule has 30 heavy (non-hydrogen) atoms. The summed E-state index contributed by atoms with van der Waals surface area (Å²) in [7, 11) is 0. The monoisotopic (exact) mass is 404 g/mol. The smallest absolute Gasteiger partial charge is 0.170 e. The zero-order valence-electron chi connectivity index (χ0n) is 18.2. The molecule has 1 N–H and O–H groups in total. The van der Waals surface area contributed by atoms with E-state index in [1.54, 1.807) is 6.92 Å². The minimum absolute atomic E-state index is 0.0114. The Bertz CT molecular complexity index is 956. The molecule has 2 saturated carbocycles. The first kappa shape index (κ1) is 19.9. The fourth-order valence-corrected chi connectivity index (χ4v) is 7.41. The lowest BCUT2D eigenvalue weighted by molar-refractivity contribution is -0.169. The third-order valence-corrected chi connectivity index (χ3v) is 9.25. The number of hydrogen-bond donors (Lipinski definition) is 1. The molecule has 0 radical (unpaired) electrons.